The lowest BCUT2D eigenvalue weighted by Gasteiger charge is -2.26. The molecule has 1 unspecified atom stereocenters. The molecule has 1 N–H and O–H groups in total. The molecular formula is C28H28ClN3O3. The summed E-state index contributed by atoms with van der Waals surface area (Å²) in [6.07, 6.45) is 9.09. The zero-order valence-electron chi connectivity index (χ0n) is 20.0. The maximum atomic E-state index is 6.13. The maximum Gasteiger partial charge on any atom is 0.161 e. The Morgan fingerprint density at radius 3 is 2.83 bits per heavy atom. The molecule has 180 valence electrons. The molecule has 0 bridgehead atoms. The second-order valence-electron chi connectivity index (χ2n) is 8.60. The maximum absolute atomic E-state index is 6.13. The molecule has 35 heavy (non-hydrogen) atoms. The van der Waals surface area contributed by atoms with Crippen LogP contribution in [0.4, 0.5) is 0 Å². The molecule has 0 spiro atoms. The van der Waals surface area contributed by atoms with E-state index in [0.717, 1.165) is 46.6 Å². The summed E-state index contributed by atoms with van der Waals surface area (Å²) in [5.74, 6) is 2.20. The Labute approximate surface area is 210 Å². The third-order valence-electron chi connectivity index (χ3n) is 6.33. The van der Waals surface area contributed by atoms with Gasteiger partial charge < -0.3 is 24.1 Å². The van der Waals surface area contributed by atoms with Crippen LogP contribution in [0.2, 0.25) is 5.02 Å². The number of benzene rings is 2. The van der Waals surface area contributed by atoms with Crippen LogP contribution in [0, 0.1) is 0 Å². The lowest BCUT2D eigenvalue weighted by atomic mass is 9.93. The number of nitrogens with one attached hydrogen (secondary N) is 1. The molecule has 2 aromatic carbocycles. The third-order valence-corrected chi connectivity index (χ3v) is 6.56. The molecule has 2 aromatic heterocycles. The molecule has 1 aliphatic rings. The minimum Gasteiger partial charge on any atom is -0.495 e. The monoisotopic (exact) mass is 489 g/mol. The normalized spacial score (nSPS) is 15.4. The van der Waals surface area contributed by atoms with Crippen LogP contribution < -0.4 is 19.5 Å². The van der Waals surface area contributed by atoms with Gasteiger partial charge in [-0.1, -0.05) is 35.9 Å². The van der Waals surface area contributed by atoms with Gasteiger partial charge in [0.1, 0.15) is 18.0 Å². The summed E-state index contributed by atoms with van der Waals surface area (Å²) in [7, 11) is 5.33. The van der Waals surface area contributed by atoms with E-state index in [1.165, 1.54) is 11.1 Å². The van der Waals surface area contributed by atoms with E-state index >= 15 is 0 Å². The number of aryl methyl sites for hydroxylation is 1. The number of hydrogen-bond acceptors (Lipinski definition) is 5. The molecule has 0 radical (unpaired) electrons. The molecule has 1 aliphatic heterocycles. The fourth-order valence-electron chi connectivity index (χ4n) is 4.54. The van der Waals surface area contributed by atoms with Crippen molar-refractivity contribution in [2.75, 3.05) is 20.8 Å². The van der Waals surface area contributed by atoms with Crippen molar-refractivity contribution in [1.82, 2.24) is 14.9 Å². The first-order valence-electron chi connectivity index (χ1n) is 11.5. The summed E-state index contributed by atoms with van der Waals surface area (Å²) in [5, 5.41) is 5.37. The number of methoxy groups -OCH3 is 2. The average molecular weight is 490 g/mol. The van der Waals surface area contributed by atoms with Gasteiger partial charge >= 0.3 is 0 Å². The van der Waals surface area contributed by atoms with Crippen molar-refractivity contribution >= 4 is 28.7 Å². The van der Waals surface area contributed by atoms with Gasteiger partial charge in [0, 0.05) is 35.8 Å². The summed E-state index contributed by atoms with van der Waals surface area (Å²) < 4.78 is 19.2. The second kappa shape index (κ2) is 10.0. The molecule has 0 saturated carbocycles. The molecule has 0 saturated heterocycles. The third kappa shape index (κ3) is 4.85. The highest BCUT2D eigenvalue weighted by Crippen LogP contribution is 2.37. The number of fused-ring (bicyclic) bond motifs is 2. The molecular weight excluding hydrogens is 462 g/mol. The fourth-order valence-corrected chi connectivity index (χ4v) is 4.76. The van der Waals surface area contributed by atoms with Crippen LogP contribution in [0.3, 0.4) is 0 Å². The number of halogens is 1. The van der Waals surface area contributed by atoms with Gasteiger partial charge in [0.2, 0.25) is 0 Å². The van der Waals surface area contributed by atoms with Crippen molar-refractivity contribution in [3.8, 4) is 17.2 Å². The summed E-state index contributed by atoms with van der Waals surface area (Å²) in [4.78, 5) is 4.53. The molecule has 0 amide bonds. The lowest BCUT2D eigenvalue weighted by molar-refractivity contribution is 0.283. The van der Waals surface area contributed by atoms with E-state index in [1.807, 2.05) is 41.9 Å². The zero-order valence-corrected chi connectivity index (χ0v) is 20.8. The number of rotatable bonds is 7. The molecule has 0 aliphatic carbocycles. The van der Waals surface area contributed by atoms with Crippen LogP contribution in [0.5, 0.6) is 17.2 Å². The number of nitrogens with zero attached hydrogens (tertiary/aromatic N) is 2. The van der Waals surface area contributed by atoms with Crippen molar-refractivity contribution in [2.24, 2.45) is 7.05 Å². The molecule has 0 fully saturated rings. The van der Waals surface area contributed by atoms with Gasteiger partial charge in [0.15, 0.2) is 11.5 Å². The largest absolute Gasteiger partial charge is 0.495 e. The minimum absolute atomic E-state index is 0.0588. The Hall–Kier alpha value is -3.48. The number of pyridine rings is 1. The van der Waals surface area contributed by atoms with E-state index in [2.05, 4.69) is 40.8 Å². The van der Waals surface area contributed by atoms with Crippen LogP contribution in [0.25, 0.3) is 17.1 Å². The Morgan fingerprint density at radius 1 is 1.14 bits per heavy atom. The van der Waals surface area contributed by atoms with E-state index in [1.54, 1.807) is 20.4 Å². The van der Waals surface area contributed by atoms with Gasteiger partial charge in [0.05, 0.1) is 26.5 Å². The van der Waals surface area contributed by atoms with Crippen LogP contribution >= 0.6 is 11.6 Å². The predicted octanol–water partition coefficient (Wildman–Crippen LogP) is 5.72. The van der Waals surface area contributed by atoms with E-state index < -0.39 is 0 Å². The fraction of sp³-hybridized carbons (Fsp3) is 0.250. The molecule has 5 rings (SSSR count). The van der Waals surface area contributed by atoms with Crippen molar-refractivity contribution in [2.45, 2.75) is 19.1 Å². The van der Waals surface area contributed by atoms with Gasteiger partial charge in [-0.05, 0) is 53.4 Å². The van der Waals surface area contributed by atoms with Gasteiger partial charge in [-0.25, -0.2) is 4.98 Å². The zero-order chi connectivity index (χ0) is 24.4. The molecule has 3 heterocycles. The van der Waals surface area contributed by atoms with Crippen molar-refractivity contribution in [1.29, 1.82) is 0 Å². The van der Waals surface area contributed by atoms with Crippen LogP contribution in [0.15, 0.2) is 60.9 Å². The highest BCUT2D eigenvalue weighted by Gasteiger charge is 2.21. The lowest BCUT2D eigenvalue weighted by Crippen LogP contribution is -2.28. The van der Waals surface area contributed by atoms with Gasteiger partial charge in [-0.15, -0.1) is 0 Å². The quantitative estimate of drug-likeness (QED) is 0.359. The van der Waals surface area contributed by atoms with Crippen LogP contribution in [0.1, 0.15) is 28.3 Å². The van der Waals surface area contributed by atoms with E-state index in [4.69, 9.17) is 25.8 Å². The summed E-state index contributed by atoms with van der Waals surface area (Å²) in [6.45, 7) is 1.31. The Balaban J connectivity index is 1.42. The van der Waals surface area contributed by atoms with Gasteiger partial charge in [0.25, 0.3) is 0 Å². The van der Waals surface area contributed by atoms with E-state index in [0.29, 0.717) is 17.4 Å². The van der Waals surface area contributed by atoms with E-state index in [9.17, 15) is 0 Å². The Kier molecular flexibility index (Phi) is 6.66. The predicted molar refractivity (Wildman–Crippen MR) is 140 cm³/mol. The number of ether oxygens (including phenoxy) is 3. The smallest absolute Gasteiger partial charge is 0.161 e. The number of aromatic nitrogens is 2. The summed E-state index contributed by atoms with van der Waals surface area (Å²) in [6, 6.07) is 14.0. The Bertz CT molecular complexity index is 1400. The van der Waals surface area contributed by atoms with Crippen molar-refractivity contribution in [3.05, 3.63) is 88.2 Å². The highest BCUT2D eigenvalue weighted by atomic mass is 35.5. The number of hydrogen-bond donors (Lipinski definition) is 1. The highest BCUT2D eigenvalue weighted by molar-refractivity contribution is 6.30. The first kappa shape index (κ1) is 23.3. The summed E-state index contributed by atoms with van der Waals surface area (Å²) >= 11 is 6.11. The van der Waals surface area contributed by atoms with Crippen molar-refractivity contribution < 1.29 is 14.2 Å². The van der Waals surface area contributed by atoms with Gasteiger partial charge in [-0.2, -0.15) is 0 Å². The van der Waals surface area contributed by atoms with Crippen molar-refractivity contribution in [3.63, 3.8) is 0 Å². The summed E-state index contributed by atoms with van der Waals surface area (Å²) in [5.41, 5.74) is 5.47. The average Bonchev–Trinajstić information content (AvgIpc) is 3.20. The van der Waals surface area contributed by atoms with E-state index in [-0.39, 0.29) is 6.04 Å². The Morgan fingerprint density at radius 2 is 2.03 bits per heavy atom. The molecule has 6 nitrogen and oxygen atoms in total. The SMILES string of the molecule is COc1cnc2c(c1)c(/C=C/C1NCCc3cc(OCc4cccc(Cl)c4)c(OC)cc31)cn2C. The molecule has 4 aromatic rings. The van der Waals surface area contributed by atoms with Crippen LogP contribution in [-0.2, 0) is 20.1 Å². The second-order valence-corrected chi connectivity index (χ2v) is 9.04. The first-order chi connectivity index (χ1) is 17.1. The molecule has 1 atom stereocenters. The van der Waals surface area contributed by atoms with Gasteiger partial charge in [-0.3, -0.25) is 0 Å². The molecule has 7 heteroatoms. The standard InChI is InChI=1S/C28H28ClN3O3/c1-32-16-20(24-13-22(33-2)15-31-28(24)32)7-8-25-23-14-26(34-3)27(12-19(23)9-10-30-25)35-17-18-5-4-6-21(29)11-18/h4-8,11-16,25,30H,9-10,17H2,1-3H3/b8-7+. The van der Waals surface area contributed by atoms with Crippen LogP contribution in [-0.4, -0.2) is 30.3 Å². The minimum atomic E-state index is 0.0588. The first-order valence-corrected chi connectivity index (χ1v) is 11.9. The topological polar surface area (TPSA) is 57.5 Å².